The van der Waals surface area contributed by atoms with E-state index in [9.17, 15) is 10.1 Å². The average molecular weight is 248 g/mol. The van der Waals surface area contributed by atoms with Crippen molar-refractivity contribution < 1.29 is 9.66 Å². The number of ether oxygens (including phenoxy) is 1. The summed E-state index contributed by atoms with van der Waals surface area (Å²) in [5.41, 5.74) is -0.445. The third kappa shape index (κ3) is 2.73. The first-order chi connectivity index (χ1) is 8.70. The fourth-order valence-corrected chi connectivity index (χ4v) is 1.77. The van der Waals surface area contributed by atoms with Crippen LogP contribution in [0.3, 0.4) is 0 Å². The number of nitro groups is 1. The Hall–Kier alpha value is -2.20. The quantitative estimate of drug-likeness (QED) is 0.636. The molecule has 1 aromatic rings. The first-order valence-corrected chi connectivity index (χ1v) is 5.58. The van der Waals surface area contributed by atoms with Crippen molar-refractivity contribution in [3.8, 4) is 6.07 Å². The first-order valence-electron chi connectivity index (χ1n) is 5.58. The SMILES string of the molecule is N#Cc1nc(NCC2CCOC2)ccc1[N+](=O)[O-]. The minimum absolute atomic E-state index is 0.173. The van der Waals surface area contributed by atoms with Crippen molar-refractivity contribution in [1.82, 2.24) is 4.98 Å². The Morgan fingerprint density at radius 3 is 3.11 bits per heavy atom. The summed E-state index contributed by atoms with van der Waals surface area (Å²) in [6.07, 6.45) is 0.991. The van der Waals surface area contributed by atoms with Crippen LogP contribution in [0.4, 0.5) is 11.5 Å². The molecule has 1 aliphatic heterocycles. The largest absolute Gasteiger partial charge is 0.381 e. The van der Waals surface area contributed by atoms with Gasteiger partial charge in [0.1, 0.15) is 11.9 Å². The van der Waals surface area contributed by atoms with Gasteiger partial charge in [-0.25, -0.2) is 4.98 Å². The van der Waals surface area contributed by atoms with Crippen molar-refractivity contribution in [1.29, 1.82) is 5.26 Å². The van der Waals surface area contributed by atoms with Gasteiger partial charge in [-0.3, -0.25) is 10.1 Å². The number of rotatable bonds is 4. The summed E-state index contributed by atoms with van der Waals surface area (Å²) < 4.78 is 5.24. The highest BCUT2D eigenvalue weighted by molar-refractivity contribution is 5.50. The van der Waals surface area contributed by atoms with Crippen molar-refractivity contribution >= 4 is 11.5 Å². The van der Waals surface area contributed by atoms with Crippen LogP contribution in [0.2, 0.25) is 0 Å². The molecule has 1 aromatic heterocycles. The van der Waals surface area contributed by atoms with Crippen LogP contribution in [-0.2, 0) is 4.74 Å². The van der Waals surface area contributed by atoms with Crippen LogP contribution in [-0.4, -0.2) is 29.7 Å². The van der Waals surface area contributed by atoms with Crippen molar-refractivity contribution in [3.63, 3.8) is 0 Å². The Kier molecular flexibility index (Phi) is 3.69. The number of pyridine rings is 1. The molecule has 94 valence electrons. The van der Waals surface area contributed by atoms with Crippen LogP contribution < -0.4 is 5.32 Å². The number of hydrogen-bond donors (Lipinski definition) is 1. The third-order valence-electron chi connectivity index (χ3n) is 2.77. The minimum atomic E-state index is -0.611. The zero-order valence-electron chi connectivity index (χ0n) is 9.63. The van der Waals surface area contributed by atoms with Gasteiger partial charge in [0.25, 0.3) is 0 Å². The van der Waals surface area contributed by atoms with E-state index in [1.54, 1.807) is 6.07 Å². The Morgan fingerprint density at radius 1 is 1.67 bits per heavy atom. The Bertz CT molecular complexity index is 492. The molecule has 18 heavy (non-hydrogen) atoms. The molecule has 1 unspecified atom stereocenters. The molecule has 2 rings (SSSR count). The van der Waals surface area contributed by atoms with Gasteiger partial charge in [-0.15, -0.1) is 0 Å². The number of anilines is 1. The molecule has 0 spiro atoms. The number of aromatic nitrogens is 1. The molecule has 0 bridgehead atoms. The van der Waals surface area contributed by atoms with E-state index >= 15 is 0 Å². The molecule has 1 atom stereocenters. The molecule has 0 amide bonds. The standard InChI is InChI=1S/C11H12N4O3/c12-5-9-10(15(16)17)1-2-11(14-9)13-6-8-3-4-18-7-8/h1-2,8H,3-4,6-7H2,(H,13,14). The molecule has 7 nitrogen and oxygen atoms in total. The van der Waals surface area contributed by atoms with Crippen molar-refractivity contribution in [2.24, 2.45) is 5.92 Å². The summed E-state index contributed by atoms with van der Waals surface area (Å²) in [4.78, 5) is 13.9. The van der Waals surface area contributed by atoms with E-state index < -0.39 is 4.92 Å². The van der Waals surface area contributed by atoms with E-state index in [-0.39, 0.29) is 11.4 Å². The molecule has 7 heteroatoms. The lowest BCUT2D eigenvalue weighted by molar-refractivity contribution is -0.385. The lowest BCUT2D eigenvalue weighted by atomic mass is 10.1. The zero-order chi connectivity index (χ0) is 13.0. The summed E-state index contributed by atoms with van der Waals surface area (Å²) in [7, 11) is 0. The van der Waals surface area contributed by atoms with Crippen molar-refractivity contribution in [2.75, 3.05) is 25.1 Å². The first kappa shape index (κ1) is 12.3. The van der Waals surface area contributed by atoms with E-state index in [0.29, 0.717) is 24.9 Å². The number of hydrogen-bond acceptors (Lipinski definition) is 6. The second-order valence-electron chi connectivity index (χ2n) is 4.04. The van der Waals surface area contributed by atoms with Gasteiger partial charge in [0, 0.05) is 25.1 Å². The topological polar surface area (TPSA) is 101 Å². The van der Waals surface area contributed by atoms with Crippen LogP contribution in [0, 0.1) is 27.4 Å². The second-order valence-corrected chi connectivity index (χ2v) is 4.04. The van der Waals surface area contributed by atoms with Crippen LogP contribution >= 0.6 is 0 Å². The number of nitriles is 1. The average Bonchev–Trinajstić information content (AvgIpc) is 2.88. The van der Waals surface area contributed by atoms with Gasteiger partial charge in [-0.2, -0.15) is 5.26 Å². The van der Waals surface area contributed by atoms with E-state index in [1.165, 1.54) is 12.1 Å². The minimum Gasteiger partial charge on any atom is -0.381 e. The predicted octanol–water partition coefficient (Wildman–Crippen LogP) is 1.31. The van der Waals surface area contributed by atoms with Crippen molar-refractivity contribution in [2.45, 2.75) is 6.42 Å². The van der Waals surface area contributed by atoms with Crippen LogP contribution in [0.5, 0.6) is 0 Å². The van der Waals surface area contributed by atoms with Gasteiger partial charge >= 0.3 is 5.69 Å². The Morgan fingerprint density at radius 2 is 2.50 bits per heavy atom. The van der Waals surface area contributed by atoms with E-state index in [4.69, 9.17) is 10.00 Å². The Labute approximate surface area is 104 Å². The van der Waals surface area contributed by atoms with E-state index in [2.05, 4.69) is 10.3 Å². The summed E-state index contributed by atoms with van der Waals surface area (Å²) in [6.45, 7) is 2.17. The Balaban J connectivity index is 2.05. The van der Waals surface area contributed by atoms with Gasteiger partial charge in [0.2, 0.25) is 5.69 Å². The smallest absolute Gasteiger partial charge is 0.305 e. The summed E-state index contributed by atoms with van der Waals surface area (Å²) in [6, 6.07) is 4.53. The molecule has 0 aliphatic carbocycles. The summed E-state index contributed by atoms with van der Waals surface area (Å²) in [5, 5.41) is 22.5. The maximum atomic E-state index is 10.6. The number of nitrogens with one attached hydrogen (secondary N) is 1. The summed E-state index contributed by atoms with van der Waals surface area (Å²) in [5.74, 6) is 0.900. The van der Waals surface area contributed by atoms with E-state index in [0.717, 1.165) is 13.0 Å². The van der Waals surface area contributed by atoms with Crippen LogP contribution in [0.1, 0.15) is 12.1 Å². The van der Waals surface area contributed by atoms with Crippen molar-refractivity contribution in [3.05, 3.63) is 27.9 Å². The molecule has 1 fully saturated rings. The summed E-state index contributed by atoms with van der Waals surface area (Å²) >= 11 is 0. The van der Waals surface area contributed by atoms with E-state index in [1.807, 2.05) is 0 Å². The fourth-order valence-electron chi connectivity index (χ4n) is 1.77. The van der Waals surface area contributed by atoms with Crippen LogP contribution in [0.25, 0.3) is 0 Å². The lowest BCUT2D eigenvalue weighted by Crippen LogP contribution is -2.15. The van der Waals surface area contributed by atoms with Gasteiger partial charge in [-0.05, 0) is 12.5 Å². The zero-order valence-corrected chi connectivity index (χ0v) is 9.63. The van der Waals surface area contributed by atoms with Gasteiger partial charge in [-0.1, -0.05) is 0 Å². The molecule has 0 saturated carbocycles. The molecule has 1 saturated heterocycles. The molecule has 0 radical (unpaired) electrons. The second kappa shape index (κ2) is 5.42. The van der Waals surface area contributed by atoms with Gasteiger partial charge in [0.15, 0.2) is 0 Å². The molecule has 1 aliphatic rings. The molecule has 2 heterocycles. The highest BCUT2D eigenvalue weighted by Gasteiger charge is 2.18. The maximum Gasteiger partial charge on any atom is 0.305 e. The predicted molar refractivity (Wildman–Crippen MR) is 63.0 cm³/mol. The third-order valence-corrected chi connectivity index (χ3v) is 2.77. The van der Waals surface area contributed by atoms with Crippen LogP contribution in [0.15, 0.2) is 12.1 Å². The normalized spacial score (nSPS) is 18.3. The fraction of sp³-hybridized carbons (Fsp3) is 0.455. The number of nitrogens with zero attached hydrogens (tertiary/aromatic N) is 3. The highest BCUT2D eigenvalue weighted by atomic mass is 16.6. The van der Waals surface area contributed by atoms with Gasteiger partial charge < -0.3 is 10.1 Å². The monoisotopic (exact) mass is 248 g/mol. The molecule has 1 N–H and O–H groups in total. The molecule has 0 aromatic carbocycles. The molecular weight excluding hydrogens is 236 g/mol. The lowest BCUT2D eigenvalue weighted by Gasteiger charge is -2.09. The maximum absolute atomic E-state index is 10.6. The van der Waals surface area contributed by atoms with Gasteiger partial charge in [0.05, 0.1) is 11.5 Å². The molecular formula is C11H12N4O3. The highest BCUT2D eigenvalue weighted by Crippen LogP contribution is 2.19.